The highest BCUT2D eigenvalue weighted by Gasteiger charge is 2.22. The van der Waals surface area contributed by atoms with Crippen molar-refractivity contribution < 1.29 is 4.21 Å². The van der Waals surface area contributed by atoms with Crippen LogP contribution in [0.3, 0.4) is 0 Å². The highest BCUT2D eigenvalue weighted by atomic mass is 32.2. The van der Waals surface area contributed by atoms with Crippen molar-refractivity contribution in [3.05, 3.63) is 12.3 Å². The summed E-state index contributed by atoms with van der Waals surface area (Å²) in [7, 11) is -0.944. The molecule has 0 saturated heterocycles. The molecule has 2 aliphatic heterocycles. The van der Waals surface area contributed by atoms with Crippen LogP contribution in [0.5, 0.6) is 0 Å². The van der Waals surface area contributed by atoms with Gasteiger partial charge in [-0.2, -0.15) is 0 Å². The number of aliphatic imine (C=N–C) groups is 2. The molecule has 0 spiro atoms. The molecule has 1 unspecified atom stereocenters. The largest absolute Gasteiger partial charge is 0.268 e. The van der Waals surface area contributed by atoms with Gasteiger partial charge in [-0.25, -0.2) is 4.99 Å². The molecule has 0 fully saturated rings. The molecule has 2 heterocycles. The Bertz CT molecular complexity index is 264. The zero-order valence-electron chi connectivity index (χ0n) is 4.57. The second kappa shape index (κ2) is 1.60. The van der Waals surface area contributed by atoms with Crippen molar-refractivity contribution in [2.75, 3.05) is 5.88 Å². The first kappa shape index (κ1) is 5.05. The number of hydrogen-bond donors (Lipinski definition) is 0. The lowest BCUT2D eigenvalue weighted by atomic mass is 10.4. The van der Waals surface area contributed by atoms with Gasteiger partial charge in [0.1, 0.15) is 5.88 Å². The molecular weight excluding hydrogens is 136 g/mol. The summed E-state index contributed by atoms with van der Waals surface area (Å²) in [5.41, 5.74) is 0.799. The van der Waals surface area contributed by atoms with Crippen LogP contribution < -0.4 is 0 Å². The van der Waals surface area contributed by atoms with E-state index in [1.54, 1.807) is 12.3 Å². The predicted molar refractivity (Wildman–Crippen MR) is 37.0 cm³/mol. The van der Waals surface area contributed by atoms with Crippen molar-refractivity contribution in [3.63, 3.8) is 0 Å². The van der Waals surface area contributed by atoms with Gasteiger partial charge >= 0.3 is 0 Å². The van der Waals surface area contributed by atoms with Crippen molar-refractivity contribution in [3.8, 4) is 0 Å². The van der Waals surface area contributed by atoms with Gasteiger partial charge in [-0.15, -0.1) is 0 Å². The first-order chi connectivity index (χ1) is 4.38. The molecule has 0 saturated carbocycles. The van der Waals surface area contributed by atoms with Crippen molar-refractivity contribution in [2.45, 2.75) is 0 Å². The van der Waals surface area contributed by atoms with Gasteiger partial charge in [0, 0.05) is 6.20 Å². The van der Waals surface area contributed by atoms with Gasteiger partial charge in [-0.1, -0.05) is 0 Å². The Hall–Kier alpha value is -0.770. The van der Waals surface area contributed by atoms with E-state index in [-0.39, 0.29) is 0 Å². The minimum absolute atomic E-state index is 0.401. The van der Waals surface area contributed by atoms with Crippen molar-refractivity contribution in [1.82, 2.24) is 0 Å². The topological polar surface area (TPSA) is 41.8 Å². The van der Waals surface area contributed by atoms with Gasteiger partial charge in [-0.05, 0) is 6.08 Å². The Labute approximate surface area is 54.7 Å². The average molecular weight is 140 g/mol. The van der Waals surface area contributed by atoms with Gasteiger partial charge in [0.25, 0.3) is 0 Å². The smallest absolute Gasteiger partial charge is 0.154 e. The fraction of sp³-hybridized carbons (Fsp3) is 0.200. The van der Waals surface area contributed by atoms with Crippen LogP contribution in [0, 0.1) is 0 Å². The van der Waals surface area contributed by atoms with E-state index in [0.29, 0.717) is 10.9 Å². The Balaban J connectivity index is 2.53. The molecule has 0 aromatic rings. The maximum Gasteiger partial charge on any atom is 0.154 e. The van der Waals surface area contributed by atoms with Crippen molar-refractivity contribution in [2.24, 2.45) is 9.98 Å². The lowest BCUT2D eigenvalue weighted by molar-refractivity contribution is 0.691. The highest BCUT2D eigenvalue weighted by molar-refractivity contribution is 8.03. The fourth-order valence-electron chi connectivity index (χ4n) is 0.798. The molecule has 46 valence electrons. The summed E-state index contributed by atoms with van der Waals surface area (Å²) in [5, 5.41) is 0.648. The van der Waals surface area contributed by atoms with E-state index in [1.165, 1.54) is 0 Å². The van der Waals surface area contributed by atoms with Gasteiger partial charge in [0.05, 0.1) is 16.5 Å². The molecule has 0 aliphatic carbocycles. The molecule has 0 amide bonds. The summed E-state index contributed by atoms with van der Waals surface area (Å²) < 4.78 is 10.9. The molecule has 4 heteroatoms. The summed E-state index contributed by atoms with van der Waals surface area (Å²) in [6.45, 7) is 0. The zero-order valence-corrected chi connectivity index (χ0v) is 5.39. The number of hydrogen-bond acceptors (Lipinski definition) is 3. The Kier molecular flexibility index (Phi) is 0.900. The predicted octanol–water partition coefficient (Wildman–Crippen LogP) is 0.0730. The Morgan fingerprint density at radius 1 is 1.67 bits per heavy atom. The molecule has 0 aromatic carbocycles. The molecule has 2 rings (SSSR count). The van der Waals surface area contributed by atoms with Crippen LogP contribution in [0.15, 0.2) is 22.3 Å². The van der Waals surface area contributed by atoms with Crippen molar-refractivity contribution in [1.29, 1.82) is 0 Å². The number of rotatable bonds is 0. The van der Waals surface area contributed by atoms with Gasteiger partial charge in [-0.3, -0.25) is 9.20 Å². The van der Waals surface area contributed by atoms with E-state index in [1.807, 2.05) is 0 Å². The van der Waals surface area contributed by atoms with E-state index >= 15 is 0 Å². The number of fused-ring (bicyclic) bond motifs is 1. The quantitative estimate of drug-likeness (QED) is 0.469. The third-order valence-electron chi connectivity index (χ3n) is 1.21. The molecule has 3 nitrogen and oxygen atoms in total. The van der Waals surface area contributed by atoms with Crippen LogP contribution in [0.25, 0.3) is 0 Å². The normalized spacial score (nSPS) is 30.0. The van der Waals surface area contributed by atoms with Gasteiger partial charge in [0.15, 0.2) is 5.04 Å². The van der Waals surface area contributed by atoms with Crippen LogP contribution in [-0.4, -0.2) is 20.8 Å². The first-order valence-corrected chi connectivity index (χ1v) is 3.87. The Morgan fingerprint density at radius 3 is 3.33 bits per heavy atom. The molecule has 0 bridgehead atoms. The van der Waals surface area contributed by atoms with Crippen LogP contribution in [0.2, 0.25) is 0 Å². The standard InChI is InChI=1S/C5H4N2OS/c8-9-3-7-4-1-2-6-5(4)9/h1-2H,3H2. The molecule has 1 atom stereocenters. The average Bonchev–Trinajstić information content (AvgIpc) is 2.35. The van der Waals surface area contributed by atoms with Crippen LogP contribution in [0.1, 0.15) is 0 Å². The SMILES string of the molecule is O=S1CN=C2C=CN=C21. The van der Waals surface area contributed by atoms with E-state index < -0.39 is 10.8 Å². The van der Waals surface area contributed by atoms with Gasteiger partial charge < -0.3 is 0 Å². The fourth-order valence-corrected chi connectivity index (χ4v) is 1.72. The minimum Gasteiger partial charge on any atom is -0.268 e. The monoisotopic (exact) mass is 140 g/mol. The summed E-state index contributed by atoms with van der Waals surface area (Å²) in [5.74, 6) is 0.401. The van der Waals surface area contributed by atoms with Crippen LogP contribution in [-0.2, 0) is 10.8 Å². The van der Waals surface area contributed by atoms with E-state index in [2.05, 4.69) is 9.98 Å². The third-order valence-corrected chi connectivity index (χ3v) is 2.32. The first-order valence-electron chi connectivity index (χ1n) is 2.55. The second-order valence-corrected chi connectivity index (χ2v) is 3.10. The van der Waals surface area contributed by atoms with Crippen LogP contribution in [0.4, 0.5) is 0 Å². The molecule has 2 aliphatic rings. The minimum atomic E-state index is -0.944. The lowest BCUT2D eigenvalue weighted by Crippen LogP contribution is -2.07. The number of allylic oxidation sites excluding steroid dienone is 1. The maximum absolute atomic E-state index is 10.9. The second-order valence-electron chi connectivity index (χ2n) is 1.77. The molecular formula is C5H4N2OS. The summed E-state index contributed by atoms with van der Waals surface area (Å²) in [4.78, 5) is 7.86. The molecule has 0 radical (unpaired) electrons. The molecule has 0 aromatic heterocycles. The maximum atomic E-state index is 10.9. The molecule has 0 N–H and O–H groups in total. The Morgan fingerprint density at radius 2 is 2.56 bits per heavy atom. The van der Waals surface area contributed by atoms with E-state index in [9.17, 15) is 4.21 Å². The highest BCUT2D eigenvalue weighted by Crippen LogP contribution is 2.09. The number of nitrogens with zero attached hydrogens (tertiary/aromatic N) is 2. The van der Waals surface area contributed by atoms with E-state index in [0.717, 1.165) is 5.71 Å². The third kappa shape index (κ3) is 0.595. The molecule has 9 heavy (non-hydrogen) atoms. The summed E-state index contributed by atoms with van der Waals surface area (Å²) in [6, 6.07) is 0. The zero-order chi connectivity index (χ0) is 6.27. The summed E-state index contributed by atoms with van der Waals surface area (Å²) >= 11 is 0. The van der Waals surface area contributed by atoms with Crippen molar-refractivity contribution >= 4 is 21.6 Å². The van der Waals surface area contributed by atoms with Crippen LogP contribution >= 0.6 is 0 Å². The lowest BCUT2D eigenvalue weighted by Gasteiger charge is -1.83. The van der Waals surface area contributed by atoms with E-state index in [4.69, 9.17) is 0 Å². The summed E-state index contributed by atoms with van der Waals surface area (Å²) in [6.07, 6.45) is 3.41. The van der Waals surface area contributed by atoms with Gasteiger partial charge in [0.2, 0.25) is 0 Å².